The van der Waals surface area contributed by atoms with E-state index in [2.05, 4.69) is 51.2 Å². The highest BCUT2D eigenvalue weighted by Gasteiger charge is 2.32. The number of hydrogen-bond acceptors (Lipinski definition) is 5. The lowest BCUT2D eigenvalue weighted by atomic mass is 10.1. The quantitative estimate of drug-likeness (QED) is 0.801. The van der Waals surface area contributed by atoms with Gasteiger partial charge in [0.15, 0.2) is 5.82 Å². The summed E-state index contributed by atoms with van der Waals surface area (Å²) in [5.41, 5.74) is 9.65. The topological polar surface area (TPSA) is 81.4 Å². The standard InChI is InChI=1S/C16H23N5O/c1-3-13(22)9-20-10-21(12-6-4-11(2)5-7-12)15(17)14-8-18-19-16(14)20/h4-8,13,15,22H,3,9-10,17H2,1-2H3,(H,18,19). The summed E-state index contributed by atoms with van der Waals surface area (Å²) in [5, 5.41) is 17.2. The number of anilines is 2. The largest absolute Gasteiger partial charge is 0.391 e. The molecule has 2 atom stereocenters. The van der Waals surface area contributed by atoms with Crippen LogP contribution < -0.4 is 15.5 Å². The molecule has 1 aromatic carbocycles. The van der Waals surface area contributed by atoms with Gasteiger partial charge in [-0.15, -0.1) is 0 Å². The molecule has 1 aliphatic rings. The highest BCUT2D eigenvalue weighted by Crippen LogP contribution is 2.34. The minimum Gasteiger partial charge on any atom is -0.391 e. The van der Waals surface area contributed by atoms with Crippen molar-refractivity contribution in [2.75, 3.05) is 23.0 Å². The van der Waals surface area contributed by atoms with Crippen LogP contribution in [0.5, 0.6) is 0 Å². The maximum atomic E-state index is 10.0. The Bertz CT molecular complexity index is 624. The van der Waals surface area contributed by atoms with Gasteiger partial charge in [-0.3, -0.25) is 5.10 Å². The molecule has 22 heavy (non-hydrogen) atoms. The minimum absolute atomic E-state index is 0.244. The van der Waals surface area contributed by atoms with E-state index in [-0.39, 0.29) is 12.3 Å². The lowest BCUT2D eigenvalue weighted by Gasteiger charge is -2.41. The van der Waals surface area contributed by atoms with E-state index < -0.39 is 0 Å². The van der Waals surface area contributed by atoms with E-state index in [0.29, 0.717) is 19.6 Å². The van der Waals surface area contributed by atoms with Crippen molar-refractivity contribution in [1.29, 1.82) is 0 Å². The zero-order chi connectivity index (χ0) is 15.7. The van der Waals surface area contributed by atoms with E-state index >= 15 is 0 Å². The van der Waals surface area contributed by atoms with Gasteiger partial charge >= 0.3 is 0 Å². The molecular formula is C16H23N5O. The molecular weight excluding hydrogens is 278 g/mol. The van der Waals surface area contributed by atoms with Gasteiger partial charge in [0.25, 0.3) is 0 Å². The van der Waals surface area contributed by atoms with Gasteiger partial charge in [0.2, 0.25) is 0 Å². The fourth-order valence-electron chi connectivity index (χ4n) is 2.78. The number of aliphatic hydroxyl groups is 1. The van der Waals surface area contributed by atoms with Crippen LogP contribution in [0.25, 0.3) is 0 Å². The monoisotopic (exact) mass is 301 g/mol. The van der Waals surface area contributed by atoms with Crippen LogP contribution in [0.15, 0.2) is 30.5 Å². The first-order valence-electron chi connectivity index (χ1n) is 7.65. The van der Waals surface area contributed by atoms with Crippen molar-refractivity contribution in [1.82, 2.24) is 10.2 Å². The number of aryl methyl sites for hydroxylation is 1. The molecule has 0 spiro atoms. The first-order chi connectivity index (χ1) is 10.6. The van der Waals surface area contributed by atoms with E-state index in [1.54, 1.807) is 0 Å². The molecule has 6 heteroatoms. The number of aromatic nitrogens is 2. The van der Waals surface area contributed by atoms with Crippen molar-refractivity contribution in [2.45, 2.75) is 32.5 Å². The second-order valence-electron chi connectivity index (χ2n) is 5.84. The van der Waals surface area contributed by atoms with Crippen LogP contribution in [0, 0.1) is 6.92 Å². The third-order valence-corrected chi connectivity index (χ3v) is 4.19. The Kier molecular flexibility index (Phi) is 4.04. The molecule has 1 aromatic heterocycles. The summed E-state index contributed by atoms with van der Waals surface area (Å²) in [6.45, 7) is 5.20. The number of β-amino-alcohol motifs (C(OH)–C–C–N with tert-alkyl or cyclic N) is 1. The summed E-state index contributed by atoms with van der Waals surface area (Å²) in [7, 11) is 0. The molecule has 0 fully saturated rings. The Balaban J connectivity index is 1.91. The summed E-state index contributed by atoms with van der Waals surface area (Å²) in [4.78, 5) is 4.20. The van der Waals surface area contributed by atoms with Gasteiger partial charge in [-0.1, -0.05) is 24.6 Å². The molecule has 4 N–H and O–H groups in total. The number of benzene rings is 1. The molecule has 0 saturated carbocycles. The van der Waals surface area contributed by atoms with E-state index in [1.165, 1.54) is 5.56 Å². The summed E-state index contributed by atoms with van der Waals surface area (Å²) >= 11 is 0. The van der Waals surface area contributed by atoms with Gasteiger partial charge in [-0.25, -0.2) is 0 Å². The van der Waals surface area contributed by atoms with Crippen molar-refractivity contribution < 1.29 is 5.11 Å². The molecule has 6 nitrogen and oxygen atoms in total. The second kappa shape index (κ2) is 5.98. The van der Waals surface area contributed by atoms with Crippen LogP contribution in [0.2, 0.25) is 0 Å². The minimum atomic E-state index is -0.376. The number of fused-ring (bicyclic) bond motifs is 1. The number of nitrogens with one attached hydrogen (secondary N) is 1. The van der Waals surface area contributed by atoms with Gasteiger partial charge < -0.3 is 20.6 Å². The summed E-state index contributed by atoms with van der Waals surface area (Å²) < 4.78 is 0. The lowest BCUT2D eigenvalue weighted by Crippen LogP contribution is -2.50. The van der Waals surface area contributed by atoms with Gasteiger partial charge in [0.05, 0.1) is 18.3 Å². The molecule has 2 aromatic rings. The smallest absolute Gasteiger partial charge is 0.158 e. The molecule has 0 amide bonds. The Morgan fingerprint density at radius 1 is 1.41 bits per heavy atom. The van der Waals surface area contributed by atoms with Crippen LogP contribution in [0.3, 0.4) is 0 Å². The summed E-state index contributed by atoms with van der Waals surface area (Å²) in [5.74, 6) is 0.836. The highest BCUT2D eigenvalue weighted by atomic mass is 16.3. The second-order valence-corrected chi connectivity index (χ2v) is 5.84. The van der Waals surface area contributed by atoms with Gasteiger partial charge in [0.1, 0.15) is 6.17 Å². The van der Waals surface area contributed by atoms with Crippen molar-refractivity contribution in [3.05, 3.63) is 41.6 Å². The van der Waals surface area contributed by atoms with Gasteiger partial charge in [0, 0.05) is 18.4 Å². The van der Waals surface area contributed by atoms with Gasteiger partial charge in [-0.05, 0) is 25.5 Å². The fraction of sp³-hybridized carbons (Fsp3) is 0.438. The molecule has 0 bridgehead atoms. The highest BCUT2D eigenvalue weighted by molar-refractivity contribution is 5.59. The summed E-state index contributed by atoms with van der Waals surface area (Å²) in [6.07, 6.45) is 1.93. The number of hydrogen-bond donors (Lipinski definition) is 3. The molecule has 0 radical (unpaired) electrons. The van der Waals surface area contributed by atoms with Crippen LogP contribution in [0.4, 0.5) is 11.5 Å². The fourth-order valence-corrected chi connectivity index (χ4v) is 2.78. The van der Waals surface area contributed by atoms with E-state index in [4.69, 9.17) is 5.73 Å². The van der Waals surface area contributed by atoms with Gasteiger partial charge in [-0.2, -0.15) is 5.10 Å². The number of aromatic amines is 1. The predicted molar refractivity (Wildman–Crippen MR) is 87.7 cm³/mol. The van der Waals surface area contributed by atoms with E-state index in [1.807, 2.05) is 13.1 Å². The zero-order valence-electron chi connectivity index (χ0n) is 13.0. The van der Waals surface area contributed by atoms with Crippen LogP contribution in [-0.2, 0) is 0 Å². The number of nitrogens with two attached hydrogens (primary N) is 1. The molecule has 2 heterocycles. The maximum Gasteiger partial charge on any atom is 0.158 e. The Morgan fingerprint density at radius 2 is 2.14 bits per heavy atom. The van der Waals surface area contributed by atoms with Crippen LogP contribution in [0.1, 0.15) is 30.6 Å². The van der Waals surface area contributed by atoms with E-state index in [0.717, 1.165) is 17.1 Å². The molecule has 0 saturated heterocycles. The first-order valence-corrected chi connectivity index (χ1v) is 7.65. The number of aliphatic hydroxyl groups excluding tert-OH is 1. The van der Waals surface area contributed by atoms with Crippen LogP contribution in [-0.4, -0.2) is 34.6 Å². The van der Waals surface area contributed by atoms with Crippen molar-refractivity contribution >= 4 is 11.5 Å². The van der Waals surface area contributed by atoms with E-state index in [9.17, 15) is 5.11 Å². The Hall–Kier alpha value is -2.05. The third-order valence-electron chi connectivity index (χ3n) is 4.19. The number of rotatable bonds is 4. The maximum absolute atomic E-state index is 10.0. The molecule has 2 unspecified atom stereocenters. The van der Waals surface area contributed by atoms with Crippen LogP contribution >= 0.6 is 0 Å². The zero-order valence-corrected chi connectivity index (χ0v) is 13.0. The van der Waals surface area contributed by atoms with Crippen molar-refractivity contribution in [2.24, 2.45) is 5.73 Å². The SMILES string of the molecule is CCC(O)CN1CN(c2ccc(C)cc2)C(N)c2c[nH]nc21. The lowest BCUT2D eigenvalue weighted by molar-refractivity contribution is 0.174. The average Bonchev–Trinajstić information content (AvgIpc) is 3.01. The Labute approximate surface area is 130 Å². The molecule has 1 aliphatic heterocycles. The molecule has 118 valence electrons. The number of H-pyrrole nitrogens is 1. The van der Waals surface area contributed by atoms with Crippen molar-refractivity contribution in [3.8, 4) is 0 Å². The third kappa shape index (κ3) is 2.67. The molecule has 3 rings (SSSR count). The number of nitrogens with zero attached hydrogens (tertiary/aromatic N) is 3. The predicted octanol–water partition coefficient (Wildman–Crippen LogP) is 1.73. The average molecular weight is 301 g/mol. The Morgan fingerprint density at radius 3 is 2.82 bits per heavy atom. The normalized spacial score (nSPS) is 19.2. The summed E-state index contributed by atoms with van der Waals surface area (Å²) in [6, 6.07) is 8.32. The first kappa shape index (κ1) is 14.9. The molecule has 0 aliphatic carbocycles. The van der Waals surface area contributed by atoms with Crippen molar-refractivity contribution in [3.63, 3.8) is 0 Å².